The van der Waals surface area contributed by atoms with Crippen LogP contribution in [0.1, 0.15) is 37.8 Å². The van der Waals surface area contributed by atoms with Crippen LogP contribution in [-0.2, 0) is 16.6 Å². The number of hydrogen-bond acceptors (Lipinski definition) is 3. The average Bonchev–Trinajstić information content (AvgIpc) is 2.41. The molecule has 0 aliphatic rings. The third-order valence-corrected chi connectivity index (χ3v) is 4.79. The molecule has 114 valence electrons. The molecule has 0 amide bonds. The summed E-state index contributed by atoms with van der Waals surface area (Å²) < 4.78 is 41.2. The van der Waals surface area contributed by atoms with E-state index in [9.17, 15) is 12.8 Å². The van der Waals surface area contributed by atoms with E-state index in [1.165, 1.54) is 12.1 Å². The fourth-order valence-electron chi connectivity index (χ4n) is 2.02. The minimum atomic E-state index is -3.61. The van der Waals surface area contributed by atoms with Gasteiger partial charge in [-0.1, -0.05) is 13.8 Å². The molecule has 1 aromatic rings. The van der Waals surface area contributed by atoms with E-state index in [2.05, 4.69) is 10.0 Å². The molecule has 0 bridgehead atoms. The summed E-state index contributed by atoms with van der Waals surface area (Å²) in [6, 6.07) is 2.67. The standard InChI is InChI=1S/C14H23FN2O2S/c1-5-12(6-2)17-20(18,19)13-7-10(3)14(15)11(8-13)9-16-4/h7-8,12,16-17H,5-6,9H2,1-4H3. The number of halogens is 1. The highest BCUT2D eigenvalue weighted by molar-refractivity contribution is 7.89. The van der Waals surface area contributed by atoms with Crippen LogP contribution in [0.5, 0.6) is 0 Å². The van der Waals surface area contributed by atoms with Gasteiger partial charge in [0.25, 0.3) is 0 Å². The number of rotatable bonds is 7. The van der Waals surface area contributed by atoms with Gasteiger partial charge in [-0.05, 0) is 44.5 Å². The summed E-state index contributed by atoms with van der Waals surface area (Å²) in [6.45, 7) is 5.73. The Morgan fingerprint density at radius 1 is 1.25 bits per heavy atom. The lowest BCUT2D eigenvalue weighted by atomic mass is 10.1. The first-order valence-electron chi connectivity index (χ1n) is 6.81. The second-order valence-corrected chi connectivity index (χ2v) is 6.59. The zero-order valence-corrected chi connectivity index (χ0v) is 13.3. The van der Waals surface area contributed by atoms with E-state index >= 15 is 0 Å². The predicted octanol–water partition coefficient (Wildman–Crippen LogP) is 2.32. The van der Waals surface area contributed by atoms with Crippen molar-refractivity contribution >= 4 is 10.0 Å². The SMILES string of the molecule is CCC(CC)NS(=O)(=O)c1cc(C)c(F)c(CNC)c1. The maximum atomic E-state index is 13.9. The Hall–Kier alpha value is -0.980. The predicted molar refractivity (Wildman–Crippen MR) is 78.6 cm³/mol. The Balaban J connectivity index is 3.18. The lowest BCUT2D eigenvalue weighted by Gasteiger charge is -2.16. The molecule has 20 heavy (non-hydrogen) atoms. The number of nitrogens with one attached hydrogen (secondary N) is 2. The molecule has 0 unspecified atom stereocenters. The van der Waals surface area contributed by atoms with Crippen molar-refractivity contribution in [1.82, 2.24) is 10.0 Å². The van der Waals surface area contributed by atoms with Crippen LogP contribution in [0.15, 0.2) is 17.0 Å². The molecule has 2 N–H and O–H groups in total. The monoisotopic (exact) mass is 302 g/mol. The largest absolute Gasteiger partial charge is 0.316 e. The molecule has 0 aliphatic heterocycles. The van der Waals surface area contributed by atoms with E-state index in [-0.39, 0.29) is 16.8 Å². The molecule has 1 rings (SSSR count). The van der Waals surface area contributed by atoms with Crippen LogP contribution in [0.25, 0.3) is 0 Å². The van der Waals surface area contributed by atoms with Crippen molar-refractivity contribution in [3.63, 3.8) is 0 Å². The topological polar surface area (TPSA) is 58.2 Å². The smallest absolute Gasteiger partial charge is 0.240 e. The molecule has 0 aliphatic carbocycles. The summed E-state index contributed by atoms with van der Waals surface area (Å²) in [5.74, 6) is -0.360. The molecule has 0 aromatic heterocycles. The number of benzene rings is 1. The number of sulfonamides is 1. The minimum absolute atomic E-state index is 0.0990. The van der Waals surface area contributed by atoms with Crippen LogP contribution in [-0.4, -0.2) is 21.5 Å². The Labute approximate surface area is 120 Å². The highest BCUT2D eigenvalue weighted by Gasteiger charge is 2.20. The van der Waals surface area contributed by atoms with E-state index < -0.39 is 10.0 Å². The molecule has 0 radical (unpaired) electrons. The van der Waals surface area contributed by atoms with Gasteiger partial charge < -0.3 is 5.32 Å². The molecular weight excluding hydrogens is 279 g/mol. The van der Waals surface area contributed by atoms with Crippen LogP contribution in [0.3, 0.4) is 0 Å². The van der Waals surface area contributed by atoms with Crippen LogP contribution < -0.4 is 10.0 Å². The summed E-state index contributed by atoms with van der Waals surface area (Å²) >= 11 is 0. The average molecular weight is 302 g/mol. The molecule has 0 fully saturated rings. The Morgan fingerprint density at radius 3 is 2.35 bits per heavy atom. The summed E-state index contributed by atoms with van der Waals surface area (Å²) in [6.07, 6.45) is 1.44. The second-order valence-electron chi connectivity index (χ2n) is 4.88. The van der Waals surface area contributed by atoms with Crippen molar-refractivity contribution in [3.05, 3.63) is 29.1 Å². The maximum Gasteiger partial charge on any atom is 0.240 e. The van der Waals surface area contributed by atoms with Gasteiger partial charge in [0, 0.05) is 18.2 Å². The van der Waals surface area contributed by atoms with Crippen molar-refractivity contribution in [2.75, 3.05) is 7.05 Å². The molecule has 0 saturated carbocycles. The summed E-state index contributed by atoms with van der Waals surface area (Å²) in [4.78, 5) is 0.119. The van der Waals surface area contributed by atoms with Gasteiger partial charge in [-0.25, -0.2) is 17.5 Å². The first kappa shape index (κ1) is 17.1. The van der Waals surface area contributed by atoms with Gasteiger partial charge in [0.15, 0.2) is 0 Å². The fourth-order valence-corrected chi connectivity index (χ4v) is 3.56. The van der Waals surface area contributed by atoms with E-state index in [1.807, 2.05) is 13.8 Å². The minimum Gasteiger partial charge on any atom is -0.316 e. The first-order valence-corrected chi connectivity index (χ1v) is 8.29. The Kier molecular flexibility index (Phi) is 6.10. The van der Waals surface area contributed by atoms with Crippen molar-refractivity contribution in [2.24, 2.45) is 0 Å². The quantitative estimate of drug-likeness (QED) is 0.812. The van der Waals surface area contributed by atoms with Crippen LogP contribution in [0.2, 0.25) is 0 Å². The Morgan fingerprint density at radius 2 is 1.85 bits per heavy atom. The van der Waals surface area contributed by atoms with Crippen LogP contribution in [0.4, 0.5) is 4.39 Å². The second kappa shape index (κ2) is 7.15. The molecule has 0 heterocycles. The summed E-state index contributed by atoms with van der Waals surface area (Å²) in [5, 5.41) is 2.84. The Bertz CT molecular complexity index is 555. The van der Waals surface area contributed by atoms with Crippen molar-refractivity contribution in [2.45, 2.75) is 51.1 Å². The van der Waals surface area contributed by atoms with Gasteiger partial charge in [0.05, 0.1) is 4.90 Å². The van der Waals surface area contributed by atoms with Crippen molar-refractivity contribution in [3.8, 4) is 0 Å². The van der Waals surface area contributed by atoms with Gasteiger partial charge in [-0.15, -0.1) is 0 Å². The maximum absolute atomic E-state index is 13.9. The van der Waals surface area contributed by atoms with Gasteiger partial charge in [0.2, 0.25) is 10.0 Å². The van der Waals surface area contributed by atoms with Crippen molar-refractivity contribution < 1.29 is 12.8 Å². The normalized spacial score (nSPS) is 12.1. The van der Waals surface area contributed by atoms with Gasteiger partial charge in [-0.2, -0.15) is 0 Å². The summed E-state index contributed by atoms with van der Waals surface area (Å²) in [5.41, 5.74) is 0.695. The molecular formula is C14H23FN2O2S. The zero-order chi connectivity index (χ0) is 15.3. The highest BCUT2D eigenvalue weighted by Crippen LogP contribution is 2.20. The van der Waals surface area contributed by atoms with Crippen LogP contribution >= 0.6 is 0 Å². The van der Waals surface area contributed by atoms with Crippen LogP contribution in [0, 0.1) is 12.7 Å². The first-order chi connectivity index (χ1) is 9.35. The van der Waals surface area contributed by atoms with E-state index in [1.54, 1.807) is 14.0 Å². The van der Waals surface area contributed by atoms with Gasteiger partial charge in [-0.3, -0.25) is 0 Å². The third-order valence-electron chi connectivity index (χ3n) is 3.29. The molecule has 6 heteroatoms. The zero-order valence-electron chi connectivity index (χ0n) is 12.5. The van der Waals surface area contributed by atoms with Gasteiger partial charge >= 0.3 is 0 Å². The highest BCUT2D eigenvalue weighted by atomic mass is 32.2. The number of hydrogen-bond donors (Lipinski definition) is 2. The molecule has 0 saturated heterocycles. The third kappa shape index (κ3) is 4.01. The lowest BCUT2D eigenvalue weighted by Crippen LogP contribution is -2.34. The number of aryl methyl sites for hydroxylation is 1. The molecule has 0 spiro atoms. The lowest BCUT2D eigenvalue weighted by molar-refractivity contribution is 0.529. The van der Waals surface area contributed by atoms with E-state index in [0.717, 1.165) is 12.8 Å². The molecule has 1 aromatic carbocycles. The van der Waals surface area contributed by atoms with E-state index in [4.69, 9.17) is 0 Å². The van der Waals surface area contributed by atoms with Gasteiger partial charge in [0.1, 0.15) is 5.82 Å². The summed E-state index contributed by atoms with van der Waals surface area (Å²) in [7, 11) is -1.92. The van der Waals surface area contributed by atoms with Crippen molar-refractivity contribution in [1.29, 1.82) is 0 Å². The molecule has 0 atom stereocenters. The van der Waals surface area contributed by atoms with E-state index in [0.29, 0.717) is 17.7 Å². The fraction of sp³-hybridized carbons (Fsp3) is 0.571. The molecule has 4 nitrogen and oxygen atoms in total.